The van der Waals surface area contributed by atoms with Crippen molar-refractivity contribution in [2.75, 3.05) is 18.4 Å². The molecule has 0 unspecified atom stereocenters. The van der Waals surface area contributed by atoms with Crippen molar-refractivity contribution in [2.45, 2.75) is 13.3 Å². The Bertz CT molecular complexity index is 945. The maximum absolute atomic E-state index is 12.4. The second-order valence-corrected chi connectivity index (χ2v) is 6.14. The second kappa shape index (κ2) is 6.39. The Kier molecular flexibility index (Phi) is 3.93. The first-order valence-electron chi connectivity index (χ1n) is 8.31. The molecule has 2 aromatic heterocycles. The summed E-state index contributed by atoms with van der Waals surface area (Å²) in [4.78, 5) is 26.1. The van der Waals surface area contributed by atoms with Crippen molar-refractivity contribution < 1.29 is 4.79 Å². The van der Waals surface area contributed by atoms with E-state index in [1.54, 1.807) is 11.2 Å². The minimum atomic E-state index is -0.0767. The van der Waals surface area contributed by atoms with Gasteiger partial charge < -0.3 is 15.2 Å². The van der Waals surface area contributed by atoms with Crippen LogP contribution in [0.2, 0.25) is 0 Å². The van der Waals surface area contributed by atoms with Crippen LogP contribution in [0.4, 0.5) is 10.5 Å². The van der Waals surface area contributed by atoms with Crippen LogP contribution in [0.3, 0.4) is 0 Å². The van der Waals surface area contributed by atoms with Gasteiger partial charge in [0.2, 0.25) is 0 Å². The quantitative estimate of drug-likeness (QED) is 0.752. The fourth-order valence-corrected chi connectivity index (χ4v) is 3.15. The second-order valence-electron chi connectivity index (χ2n) is 6.14. The van der Waals surface area contributed by atoms with E-state index in [4.69, 9.17) is 0 Å². The van der Waals surface area contributed by atoms with Gasteiger partial charge in [-0.15, -0.1) is 0 Å². The molecule has 0 aliphatic carbocycles. The van der Waals surface area contributed by atoms with E-state index in [0.717, 1.165) is 34.4 Å². The lowest BCUT2D eigenvalue weighted by atomic mass is 10.0. The van der Waals surface area contributed by atoms with Crippen molar-refractivity contribution in [3.8, 4) is 0 Å². The first-order valence-corrected chi connectivity index (χ1v) is 8.31. The summed E-state index contributed by atoms with van der Waals surface area (Å²) in [6.07, 6.45) is 6.40. The van der Waals surface area contributed by atoms with Crippen LogP contribution in [0.15, 0.2) is 48.9 Å². The molecule has 0 saturated heterocycles. The predicted octanol–water partition coefficient (Wildman–Crippen LogP) is 3.59. The molecule has 3 heterocycles. The number of urea groups is 1. The molecule has 0 saturated carbocycles. The third-order valence-corrected chi connectivity index (χ3v) is 4.49. The lowest BCUT2D eigenvalue weighted by Gasteiger charge is -2.26. The molecule has 6 heteroatoms. The summed E-state index contributed by atoms with van der Waals surface area (Å²) in [5.41, 5.74) is 4.93. The summed E-state index contributed by atoms with van der Waals surface area (Å²) in [6, 6.07) is 9.43. The first-order chi connectivity index (χ1) is 12.2. The zero-order chi connectivity index (χ0) is 17.2. The summed E-state index contributed by atoms with van der Waals surface area (Å²) < 4.78 is 0. The van der Waals surface area contributed by atoms with Crippen LogP contribution in [0, 0.1) is 6.92 Å². The number of aromatic nitrogens is 3. The van der Waals surface area contributed by atoms with Crippen LogP contribution in [-0.4, -0.2) is 39.0 Å². The number of para-hydroxylation sites is 1. The summed E-state index contributed by atoms with van der Waals surface area (Å²) in [7, 11) is 0. The summed E-state index contributed by atoms with van der Waals surface area (Å²) >= 11 is 0. The van der Waals surface area contributed by atoms with E-state index >= 15 is 0 Å². The molecule has 4 rings (SSSR count). The fraction of sp³-hybridized carbons (Fsp3) is 0.211. The minimum absolute atomic E-state index is 0.0767. The number of aryl methyl sites for hydroxylation is 1. The lowest BCUT2D eigenvalue weighted by Crippen LogP contribution is -2.37. The van der Waals surface area contributed by atoms with E-state index < -0.39 is 0 Å². The number of carbonyl (C=O) groups excluding carboxylic acids is 1. The van der Waals surface area contributed by atoms with E-state index in [9.17, 15) is 4.79 Å². The number of rotatable bonds is 2. The van der Waals surface area contributed by atoms with Crippen molar-refractivity contribution in [3.05, 3.63) is 60.2 Å². The monoisotopic (exact) mass is 333 g/mol. The number of carbonyl (C=O) groups is 1. The number of H-pyrrole nitrogens is 1. The fourth-order valence-electron chi connectivity index (χ4n) is 3.15. The van der Waals surface area contributed by atoms with E-state index in [2.05, 4.69) is 33.3 Å². The highest BCUT2D eigenvalue weighted by molar-refractivity contribution is 5.92. The van der Waals surface area contributed by atoms with Gasteiger partial charge in [0.25, 0.3) is 0 Å². The molecule has 1 aliphatic rings. The Hall–Kier alpha value is -3.15. The Balaban J connectivity index is 1.52. The molecule has 0 fully saturated rings. The van der Waals surface area contributed by atoms with Gasteiger partial charge in [-0.1, -0.05) is 24.3 Å². The van der Waals surface area contributed by atoms with Gasteiger partial charge in [0.1, 0.15) is 12.0 Å². The van der Waals surface area contributed by atoms with Crippen molar-refractivity contribution in [2.24, 2.45) is 0 Å². The van der Waals surface area contributed by atoms with Crippen LogP contribution in [-0.2, 0) is 0 Å². The van der Waals surface area contributed by atoms with E-state index in [1.807, 2.05) is 36.5 Å². The molecule has 25 heavy (non-hydrogen) atoms. The Morgan fingerprint density at radius 2 is 2.08 bits per heavy atom. The standard InChI is InChI=1S/C19H19N5O/c1-13-11-20-18-16(13)17(21-12-22-18)14-7-9-24(10-8-14)19(25)23-15-5-3-2-4-6-15/h2-7,11-12H,8-10H2,1H3,(H,23,25)(H,20,21,22). The smallest absolute Gasteiger partial charge is 0.322 e. The lowest BCUT2D eigenvalue weighted by molar-refractivity contribution is 0.217. The Labute approximate surface area is 145 Å². The average molecular weight is 333 g/mol. The third kappa shape index (κ3) is 2.98. The highest BCUT2D eigenvalue weighted by Gasteiger charge is 2.20. The molecule has 126 valence electrons. The van der Waals surface area contributed by atoms with Crippen LogP contribution in [0.25, 0.3) is 16.6 Å². The largest absolute Gasteiger partial charge is 0.346 e. The molecule has 0 bridgehead atoms. The molecule has 2 N–H and O–H groups in total. The van der Waals surface area contributed by atoms with E-state index in [-0.39, 0.29) is 6.03 Å². The van der Waals surface area contributed by atoms with E-state index in [0.29, 0.717) is 13.1 Å². The zero-order valence-corrected chi connectivity index (χ0v) is 14.0. The third-order valence-electron chi connectivity index (χ3n) is 4.49. The van der Waals surface area contributed by atoms with Gasteiger partial charge in [-0.25, -0.2) is 14.8 Å². The van der Waals surface area contributed by atoms with Crippen molar-refractivity contribution in [1.82, 2.24) is 19.9 Å². The van der Waals surface area contributed by atoms with Gasteiger partial charge >= 0.3 is 6.03 Å². The van der Waals surface area contributed by atoms with Gasteiger partial charge in [0.05, 0.1) is 5.69 Å². The zero-order valence-electron chi connectivity index (χ0n) is 14.0. The number of nitrogens with one attached hydrogen (secondary N) is 2. The number of anilines is 1. The molecule has 0 atom stereocenters. The normalized spacial score (nSPS) is 14.4. The number of hydrogen-bond donors (Lipinski definition) is 2. The molecule has 1 aliphatic heterocycles. The average Bonchev–Trinajstić information content (AvgIpc) is 3.04. The van der Waals surface area contributed by atoms with E-state index in [1.165, 1.54) is 5.57 Å². The number of aromatic amines is 1. The van der Waals surface area contributed by atoms with Gasteiger partial charge in [0.15, 0.2) is 0 Å². The maximum Gasteiger partial charge on any atom is 0.322 e. The number of hydrogen-bond acceptors (Lipinski definition) is 3. The molecule has 1 aromatic carbocycles. The number of fused-ring (bicyclic) bond motifs is 1. The van der Waals surface area contributed by atoms with Crippen LogP contribution in [0.5, 0.6) is 0 Å². The van der Waals surface area contributed by atoms with Crippen LogP contribution >= 0.6 is 0 Å². The first kappa shape index (κ1) is 15.4. The number of benzene rings is 1. The predicted molar refractivity (Wildman–Crippen MR) is 98.3 cm³/mol. The molecule has 0 spiro atoms. The SMILES string of the molecule is Cc1c[nH]c2ncnc(C3=CCN(C(=O)Nc4ccccc4)CC3)c12. The molecular weight excluding hydrogens is 314 g/mol. The van der Waals surface area contributed by atoms with Crippen molar-refractivity contribution in [3.63, 3.8) is 0 Å². The highest BCUT2D eigenvalue weighted by Crippen LogP contribution is 2.28. The van der Waals surface area contributed by atoms with Crippen LogP contribution in [0.1, 0.15) is 17.7 Å². The Morgan fingerprint density at radius 1 is 1.24 bits per heavy atom. The number of amides is 2. The Morgan fingerprint density at radius 3 is 2.84 bits per heavy atom. The van der Waals surface area contributed by atoms with Crippen molar-refractivity contribution in [1.29, 1.82) is 0 Å². The van der Waals surface area contributed by atoms with Gasteiger partial charge in [-0.2, -0.15) is 0 Å². The number of nitrogens with zero attached hydrogens (tertiary/aromatic N) is 3. The molecule has 6 nitrogen and oxygen atoms in total. The molecule has 0 radical (unpaired) electrons. The topological polar surface area (TPSA) is 73.9 Å². The highest BCUT2D eigenvalue weighted by atomic mass is 16.2. The van der Waals surface area contributed by atoms with Gasteiger partial charge in [0, 0.05) is 30.4 Å². The maximum atomic E-state index is 12.4. The summed E-state index contributed by atoms with van der Waals surface area (Å²) in [6.45, 7) is 3.29. The summed E-state index contributed by atoms with van der Waals surface area (Å²) in [5, 5.41) is 3.99. The molecular formula is C19H19N5O. The summed E-state index contributed by atoms with van der Waals surface area (Å²) in [5.74, 6) is 0. The molecule has 3 aromatic rings. The molecule has 2 amide bonds. The minimum Gasteiger partial charge on any atom is -0.346 e. The van der Waals surface area contributed by atoms with Crippen molar-refractivity contribution >= 4 is 28.3 Å². The van der Waals surface area contributed by atoms with Crippen LogP contribution < -0.4 is 5.32 Å². The van der Waals surface area contributed by atoms with Gasteiger partial charge in [-0.05, 0) is 36.6 Å². The van der Waals surface area contributed by atoms with Gasteiger partial charge in [-0.3, -0.25) is 0 Å².